The molecule has 1 N–H and O–H groups in total. The number of benzene rings is 2. The van der Waals surface area contributed by atoms with Gasteiger partial charge in [0.05, 0.1) is 13.2 Å². The molecular weight excluding hydrogens is 274 g/mol. The Kier molecular flexibility index (Phi) is 6.62. The van der Waals surface area contributed by atoms with Gasteiger partial charge in [-0.05, 0) is 43.2 Å². The zero-order valence-corrected chi connectivity index (χ0v) is 13.5. The lowest BCUT2D eigenvalue weighted by Crippen LogP contribution is -2.01. The van der Waals surface area contributed by atoms with E-state index in [9.17, 15) is 0 Å². The van der Waals surface area contributed by atoms with Crippen molar-refractivity contribution in [1.29, 1.82) is 0 Å². The van der Waals surface area contributed by atoms with Crippen LogP contribution in [0.2, 0.25) is 0 Å². The van der Waals surface area contributed by atoms with Gasteiger partial charge in [0.2, 0.25) is 0 Å². The van der Waals surface area contributed by atoms with Crippen molar-refractivity contribution in [1.82, 2.24) is 0 Å². The number of nitrogens with one attached hydrogen (secondary N) is 1. The fourth-order valence-electron chi connectivity index (χ4n) is 2.15. The summed E-state index contributed by atoms with van der Waals surface area (Å²) in [5, 5.41) is 3.43. The Hall–Kier alpha value is -2.16. The molecule has 0 atom stereocenters. The zero-order chi connectivity index (χ0) is 15.6. The Balaban J connectivity index is 1.90. The molecule has 118 valence electrons. The fourth-order valence-corrected chi connectivity index (χ4v) is 2.15. The van der Waals surface area contributed by atoms with Gasteiger partial charge in [0.25, 0.3) is 0 Å². The van der Waals surface area contributed by atoms with Crippen LogP contribution in [0.3, 0.4) is 0 Å². The van der Waals surface area contributed by atoms with E-state index in [1.807, 2.05) is 37.3 Å². The summed E-state index contributed by atoms with van der Waals surface area (Å²) in [6.07, 6.45) is 2.23. The molecular formula is C19H25NO2. The van der Waals surface area contributed by atoms with E-state index in [1.54, 1.807) is 0 Å². The van der Waals surface area contributed by atoms with Crippen molar-refractivity contribution in [2.45, 2.75) is 33.2 Å². The minimum absolute atomic E-state index is 0.689. The molecule has 0 bridgehead atoms. The molecule has 0 aromatic heterocycles. The number of hydrogen-bond donors (Lipinski definition) is 1. The van der Waals surface area contributed by atoms with Gasteiger partial charge in [-0.3, -0.25) is 0 Å². The molecule has 0 heterocycles. The van der Waals surface area contributed by atoms with Crippen molar-refractivity contribution < 1.29 is 9.47 Å². The second-order valence-electron chi connectivity index (χ2n) is 5.16. The highest BCUT2D eigenvalue weighted by Crippen LogP contribution is 2.19. The van der Waals surface area contributed by atoms with E-state index in [0.717, 1.165) is 43.2 Å². The van der Waals surface area contributed by atoms with Crippen LogP contribution < -0.4 is 14.8 Å². The largest absolute Gasteiger partial charge is 0.494 e. The van der Waals surface area contributed by atoms with Crippen molar-refractivity contribution in [3.63, 3.8) is 0 Å². The van der Waals surface area contributed by atoms with Crippen LogP contribution in [0.1, 0.15) is 32.3 Å². The third-order valence-corrected chi connectivity index (χ3v) is 3.31. The molecule has 0 saturated heterocycles. The SMILES string of the molecule is CCCCOc1cccc(NCc2cccc(OCC)c2)c1. The molecule has 2 aromatic carbocycles. The van der Waals surface area contributed by atoms with E-state index < -0.39 is 0 Å². The fraction of sp³-hybridized carbons (Fsp3) is 0.368. The quantitative estimate of drug-likeness (QED) is 0.670. The van der Waals surface area contributed by atoms with Crippen molar-refractivity contribution in [3.8, 4) is 11.5 Å². The summed E-state index contributed by atoms with van der Waals surface area (Å²) in [5.74, 6) is 1.83. The highest BCUT2D eigenvalue weighted by atomic mass is 16.5. The van der Waals surface area contributed by atoms with Crippen LogP contribution in [0, 0.1) is 0 Å². The second-order valence-corrected chi connectivity index (χ2v) is 5.16. The summed E-state index contributed by atoms with van der Waals surface area (Å²) >= 11 is 0. The van der Waals surface area contributed by atoms with Crippen molar-refractivity contribution in [2.75, 3.05) is 18.5 Å². The molecule has 3 heteroatoms. The van der Waals surface area contributed by atoms with Gasteiger partial charge >= 0.3 is 0 Å². The lowest BCUT2D eigenvalue weighted by Gasteiger charge is -2.11. The van der Waals surface area contributed by atoms with E-state index in [-0.39, 0.29) is 0 Å². The van der Waals surface area contributed by atoms with Crippen LogP contribution in [-0.2, 0) is 6.54 Å². The third kappa shape index (κ3) is 5.32. The van der Waals surface area contributed by atoms with Crippen molar-refractivity contribution in [3.05, 3.63) is 54.1 Å². The zero-order valence-electron chi connectivity index (χ0n) is 13.5. The van der Waals surface area contributed by atoms with Gasteiger partial charge in [-0.25, -0.2) is 0 Å². The van der Waals surface area contributed by atoms with E-state index in [4.69, 9.17) is 9.47 Å². The minimum Gasteiger partial charge on any atom is -0.494 e. The summed E-state index contributed by atoms with van der Waals surface area (Å²) in [5.41, 5.74) is 2.26. The Morgan fingerprint density at radius 2 is 1.68 bits per heavy atom. The molecule has 0 saturated carbocycles. The first kappa shape index (κ1) is 16.2. The Bertz CT molecular complexity index is 569. The standard InChI is InChI=1S/C19H25NO2/c1-3-5-12-22-19-11-7-9-17(14-19)20-15-16-8-6-10-18(13-16)21-4-2/h6-11,13-14,20H,3-5,12,15H2,1-2H3. The first-order valence-corrected chi connectivity index (χ1v) is 8.00. The number of ether oxygens (including phenoxy) is 2. The van der Waals surface area contributed by atoms with Gasteiger partial charge in [-0.2, -0.15) is 0 Å². The van der Waals surface area contributed by atoms with Gasteiger partial charge < -0.3 is 14.8 Å². The van der Waals surface area contributed by atoms with Crippen molar-refractivity contribution in [2.24, 2.45) is 0 Å². The Labute approximate surface area is 133 Å². The molecule has 0 aliphatic carbocycles. The Morgan fingerprint density at radius 1 is 0.909 bits per heavy atom. The lowest BCUT2D eigenvalue weighted by atomic mass is 10.2. The van der Waals surface area contributed by atoms with Gasteiger partial charge in [-0.15, -0.1) is 0 Å². The van der Waals surface area contributed by atoms with E-state index >= 15 is 0 Å². The second kappa shape index (κ2) is 8.98. The molecule has 0 aliphatic heterocycles. The molecule has 0 unspecified atom stereocenters. The molecule has 0 aliphatic rings. The summed E-state index contributed by atoms with van der Waals surface area (Å²) < 4.78 is 11.3. The number of anilines is 1. The average Bonchev–Trinajstić information content (AvgIpc) is 2.54. The maximum Gasteiger partial charge on any atom is 0.121 e. The normalized spacial score (nSPS) is 10.3. The maximum atomic E-state index is 5.73. The van der Waals surface area contributed by atoms with E-state index in [0.29, 0.717) is 6.61 Å². The molecule has 2 aromatic rings. The van der Waals surface area contributed by atoms with E-state index in [1.165, 1.54) is 5.56 Å². The molecule has 22 heavy (non-hydrogen) atoms. The summed E-state index contributed by atoms with van der Waals surface area (Å²) in [6, 6.07) is 16.3. The number of hydrogen-bond acceptors (Lipinski definition) is 3. The van der Waals surface area contributed by atoms with Crippen LogP contribution in [0.25, 0.3) is 0 Å². The molecule has 0 spiro atoms. The van der Waals surface area contributed by atoms with Gasteiger partial charge in [0.15, 0.2) is 0 Å². The minimum atomic E-state index is 0.689. The number of unbranched alkanes of at least 4 members (excludes halogenated alkanes) is 1. The number of rotatable bonds is 9. The molecule has 0 radical (unpaired) electrons. The van der Waals surface area contributed by atoms with Crippen LogP contribution >= 0.6 is 0 Å². The van der Waals surface area contributed by atoms with Gasteiger partial charge in [0, 0.05) is 18.3 Å². The van der Waals surface area contributed by atoms with Crippen LogP contribution in [0.4, 0.5) is 5.69 Å². The summed E-state index contributed by atoms with van der Waals surface area (Å²) in [4.78, 5) is 0. The van der Waals surface area contributed by atoms with E-state index in [2.05, 4.69) is 30.4 Å². The third-order valence-electron chi connectivity index (χ3n) is 3.31. The Morgan fingerprint density at radius 3 is 2.45 bits per heavy atom. The molecule has 2 rings (SSSR count). The lowest BCUT2D eigenvalue weighted by molar-refractivity contribution is 0.309. The molecule has 0 fully saturated rings. The predicted octanol–water partition coefficient (Wildman–Crippen LogP) is 4.88. The monoisotopic (exact) mass is 299 g/mol. The topological polar surface area (TPSA) is 30.5 Å². The molecule has 3 nitrogen and oxygen atoms in total. The summed E-state index contributed by atoms with van der Waals surface area (Å²) in [6.45, 7) is 6.39. The first-order valence-electron chi connectivity index (χ1n) is 8.00. The predicted molar refractivity (Wildman–Crippen MR) is 91.8 cm³/mol. The highest BCUT2D eigenvalue weighted by molar-refractivity contribution is 5.48. The van der Waals surface area contributed by atoms with Crippen LogP contribution in [0.5, 0.6) is 11.5 Å². The average molecular weight is 299 g/mol. The summed E-state index contributed by atoms with van der Waals surface area (Å²) in [7, 11) is 0. The van der Waals surface area contributed by atoms with Crippen LogP contribution in [0.15, 0.2) is 48.5 Å². The van der Waals surface area contributed by atoms with Gasteiger partial charge in [-0.1, -0.05) is 31.5 Å². The first-order chi connectivity index (χ1) is 10.8. The van der Waals surface area contributed by atoms with Crippen LogP contribution in [-0.4, -0.2) is 13.2 Å². The smallest absolute Gasteiger partial charge is 0.121 e. The highest BCUT2D eigenvalue weighted by Gasteiger charge is 1.99. The van der Waals surface area contributed by atoms with Gasteiger partial charge in [0.1, 0.15) is 11.5 Å². The molecule has 0 amide bonds. The maximum absolute atomic E-state index is 5.73. The van der Waals surface area contributed by atoms with Crippen molar-refractivity contribution >= 4 is 5.69 Å².